The van der Waals surface area contributed by atoms with Crippen molar-refractivity contribution in [2.45, 2.75) is 38.9 Å². The van der Waals surface area contributed by atoms with Gasteiger partial charge < -0.3 is 20.2 Å². The summed E-state index contributed by atoms with van der Waals surface area (Å²) in [7, 11) is 2.16. The highest BCUT2D eigenvalue weighted by Crippen LogP contribution is 2.39. The lowest BCUT2D eigenvalue weighted by molar-refractivity contribution is -0.117. The molecule has 1 fully saturated rings. The molecule has 1 saturated heterocycles. The van der Waals surface area contributed by atoms with Crippen LogP contribution >= 0.6 is 12.4 Å². The monoisotopic (exact) mass is 472 g/mol. The highest BCUT2D eigenvalue weighted by Gasteiger charge is 2.33. The van der Waals surface area contributed by atoms with Crippen molar-refractivity contribution < 1.29 is 14.7 Å². The van der Waals surface area contributed by atoms with Crippen molar-refractivity contribution in [1.82, 2.24) is 15.1 Å². The summed E-state index contributed by atoms with van der Waals surface area (Å²) >= 11 is 0. The van der Waals surface area contributed by atoms with Crippen LogP contribution in [0.4, 0.5) is 10.5 Å². The topological polar surface area (TPSA) is 76.1 Å². The first-order valence-electron chi connectivity index (χ1n) is 11.2. The van der Waals surface area contributed by atoms with E-state index in [4.69, 9.17) is 0 Å². The summed E-state index contributed by atoms with van der Waals surface area (Å²) in [5.74, 6) is -0.0338. The number of nitrogens with zero attached hydrogens (tertiary/aromatic N) is 3. The molecule has 0 radical (unpaired) electrons. The zero-order chi connectivity index (χ0) is 22.8. The van der Waals surface area contributed by atoms with Gasteiger partial charge in [0.05, 0.1) is 6.04 Å². The SMILES string of the molecule is CC(=O)N1c2ccc(-c3ccc(CN4CCN(C)CC4)cc3)cc2[C@@H](NC(=O)O)C[C@H]1C.Cl. The van der Waals surface area contributed by atoms with Crippen LogP contribution in [0.5, 0.6) is 0 Å². The Hall–Kier alpha value is -2.61. The highest BCUT2D eigenvalue weighted by atomic mass is 35.5. The normalized spacial score (nSPS) is 21.1. The lowest BCUT2D eigenvalue weighted by Crippen LogP contribution is -2.45. The number of anilines is 1. The summed E-state index contributed by atoms with van der Waals surface area (Å²) in [5.41, 5.74) is 5.02. The highest BCUT2D eigenvalue weighted by molar-refractivity contribution is 5.94. The average molecular weight is 473 g/mol. The molecule has 2 aromatic rings. The zero-order valence-corrected chi connectivity index (χ0v) is 20.3. The maximum Gasteiger partial charge on any atom is 0.405 e. The third-order valence-corrected chi connectivity index (χ3v) is 6.61. The molecule has 0 saturated carbocycles. The van der Waals surface area contributed by atoms with Crippen molar-refractivity contribution in [3.8, 4) is 11.1 Å². The van der Waals surface area contributed by atoms with Gasteiger partial charge in [-0.25, -0.2) is 4.79 Å². The molecule has 2 heterocycles. The largest absolute Gasteiger partial charge is 0.465 e. The molecule has 2 N–H and O–H groups in total. The van der Waals surface area contributed by atoms with Crippen molar-refractivity contribution in [3.63, 3.8) is 0 Å². The number of carbonyl (C=O) groups is 2. The Labute approximate surface area is 201 Å². The first kappa shape index (κ1) is 25.0. The van der Waals surface area contributed by atoms with Gasteiger partial charge in [0.1, 0.15) is 0 Å². The van der Waals surface area contributed by atoms with Gasteiger partial charge in [-0.1, -0.05) is 30.3 Å². The molecule has 0 aromatic heterocycles. The smallest absolute Gasteiger partial charge is 0.405 e. The van der Waals surface area contributed by atoms with Crippen LogP contribution in [0.2, 0.25) is 0 Å². The van der Waals surface area contributed by atoms with Crippen LogP contribution < -0.4 is 10.2 Å². The number of hydrogen-bond donors (Lipinski definition) is 2. The Balaban J connectivity index is 0.00000306. The number of nitrogens with one attached hydrogen (secondary N) is 1. The number of piperazine rings is 1. The van der Waals surface area contributed by atoms with Gasteiger partial charge in [-0.15, -0.1) is 12.4 Å². The van der Waals surface area contributed by atoms with Crippen molar-refractivity contribution in [1.29, 1.82) is 0 Å². The van der Waals surface area contributed by atoms with E-state index in [1.807, 2.05) is 25.1 Å². The molecule has 8 heteroatoms. The number of fused-ring (bicyclic) bond motifs is 1. The number of carboxylic acid groups (broad SMARTS) is 1. The maximum atomic E-state index is 12.3. The number of rotatable bonds is 4. The van der Waals surface area contributed by atoms with E-state index in [9.17, 15) is 14.7 Å². The molecule has 2 atom stereocenters. The third-order valence-electron chi connectivity index (χ3n) is 6.61. The van der Waals surface area contributed by atoms with E-state index in [1.54, 1.807) is 11.8 Å². The maximum absolute atomic E-state index is 12.3. The summed E-state index contributed by atoms with van der Waals surface area (Å²) in [4.78, 5) is 30.2. The Morgan fingerprint density at radius 1 is 1.03 bits per heavy atom. The summed E-state index contributed by atoms with van der Waals surface area (Å²) in [6, 6.07) is 14.2. The van der Waals surface area contributed by atoms with Crippen LogP contribution in [0.3, 0.4) is 0 Å². The minimum Gasteiger partial charge on any atom is -0.465 e. The number of halogens is 1. The molecule has 0 aliphatic carbocycles. The van der Waals surface area contributed by atoms with E-state index < -0.39 is 6.09 Å². The van der Waals surface area contributed by atoms with Gasteiger partial charge in [-0.2, -0.15) is 0 Å². The molecular weight excluding hydrogens is 440 g/mol. The number of hydrogen-bond acceptors (Lipinski definition) is 4. The molecule has 33 heavy (non-hydrogen) atoms. The second kappa shape index (κ2) is 10.5. The van der Waals surface area contributed by atoms with Crippen LogP contribution in [0.1, 0.15) is 37.4 Å². The number of benzene rings is 2. The molecule has 178 valence electrons. The first-order valence-corrected chi connectivity index (χ1v) is 11.2. The van der Waals surface area contributed by atoms with Gasteiger partial charge in [-0.3, -0.25) is 9.69 Å². The minimum atomic E-state index is -1.05. The second-order valence-electron chi connectivity index (χ2n) is 9.03. The van der Waals surface area contributed by atoms with Gasteiger partial charge in [0.15, 0.2) is 0 Å². The average Bonchev–Trinajstić information content (AvgIpc) is 2.75. The fourth-order valence-electron chi connectivity index (χ4n) is 4.88. The first-order chi connectivity index (χ1) is 15.3. The predicted molar refractivity (Wildman–Crippen MR) is 133 cm³/mol. The van der Waals surface area contributed by atoms with Crippen LogP contribution in [0.15, 0.2) is 42.5 Å². The molecule has 2 amide bonds. The molecule has 2 aliphatic heterocycles. The van der Waals surface area contributed by atoms with Crippen LogP contribution in [-0.2, 0) is 11.3 Å². The van der Waals surface area contributed by atoms with Gasteiger partial charge in [0.25, 0.3) is 0 Å². The summed E-state index contributed by atoms with van der Waals surface area (Å²) in [6.07, 6.45) is -0.505. The van der Waals surface area contributed by atoms with E-state index in [0.29, 0.717) is 6.42 Å². The van der Waals surface area contributed by atoms with Gasteiger partial charge in [-0.05, 0) is 54.8 Å². The lowest BCUT2D eigenvalue weighted by Gasteiger charge is -2.39. The minimum absolute atomic E-state index is 0. The fourth-order valence-corrected chi connectivity index (χ4v) is 4.88. The standard InChI is InChI=1S/C25H32N4O3.ClH/c1-17-14-23(26-25(31)32)22-15-21(8-9-24(22)29(17)18(2)30)20-6-4-19(5-7-20)16-28-12-10-27(3)11-13-28;/h4-9,15,17,23,26H,10-14,16H2,1-3H3,(H,31,32);1H/t17-,23+;/m1./s1. The van der Waals surface area contributed by atoms with Crippen LogP contribution in [-0.4, -0.2) is 66.2 Å². The summed E-state index contributed by atoms with van der Waals surface area (Å²) < 4.78 is 0. The van der Waals surface area contributed by atoms with Gasteiger partial charge >= 0.3 is 6.09 Å². The van der Waals surface area contributed by atoms with Crippen LogP contribution in [0, 0.1) is 0 Å². The van der Waals surface area contributed by atoms with E-state index in [-0.39, 0.29) is 30.4 Å². The Kier molecular flexibility index (Phi) is 8.00. The predicted octanol–water partition coefficient (Wildman–Crippen LogP) is 3.98. The number of amides is 2. The molecule has 2 aliphatic rings. The van der Waals surface area contributed by atoms with E-state index >= 15 is 0 Å². The third kappa shape index (κ3) is 5.66. The fraction of sp³-hybridized carbons (Fsp3) is 0.440. The molecule has 7 nitrogen and oxygen atoms in total. The van der Waals surface area contributed by atoms with Crippen molar-refractivity contribution >= 4 is 30.1 Å². The Morgan fingerprint density at radius 3 is 2.27 bits per heavy atom. The van der Waals surface area contributed by atoms with Crippen LogP contribution in [0.25, 0.3) is 11.1 Å². The molecule has 2 aromatic carbocycles. The summed E-state index contributed by atoms with van der Waals surface area (Å²) in [6.45, 7) is 8.85. The van der Waals surface area contributed by atoms with Crippen molar-refractivity contribution in [3.05, 3.63) is 53.6 Å². The van der Waals surface area contributed by atoms with E-state index in [2.05, 4.69) is 46.4 Å². The van der Waals surface area contributed by atoms with Crippen molar-refractivity contribution in [2.75, 3.05) is 38.1 Å². The summed E-state index contributed by atoms with van der Waals surface area (Å²) in [5, 5.41) is 12.0. The molecule has 0 bridgehead atoms. The quantitative estimate of drug-likeness (QED) is 0.704. The van der Waals surface area contributed by atoms with E-state index in [0.717, 1.165) is 55.1 Å². The van der Waals surface area contributed by atoms with Gasteiger partial charge in [0, 0.05) is 51.4 Å². The zero-order valence-electron chi connectivity index (χ0n) is 19.5. The Bertz CT molecular complexity index is 990. The Morgan fingerprint density at radius 2 is 1.67 bits per heavy atom. The molecule has 4 rings (SSSR count). The molecule has 0 spiro atoms. The second-order valence-corrected chi connectivity index (χ2v) is 9.03. The molecular formula is C25H33ClN4O3. The van der Waals surface area contributed by atoms with E-state index in [1.165, 1.54) is 5.56 Å². The number of carbonyl (C=O) groups excluding carboxylic acids is 1. The van der Waals surface area contributed by atoms with Gasteiger partial charge in [0.2, 0.25) is 5.91 Å². The number of likely N-dealkylation sites (N-methyl/N-ethyl adjacent to an activating group) is 1. The molecule has 0 unspecified atom stereocenters. The van der Waals surface area contributed by atoms with Crippen molar-refractivity contribution in [2.24, 2.45) is 0 Å². The lowest BCUT2D eigenvalue weighted by atomic mass is 9.89.